The minimum atomic E-state index is -4.50. The first kappa shape index (κ1) is 20.6. The third-order valence-electron chi connectivity index (χ3n) is 6.22. The van der Waals surface area contributed by atoms with E-state index in [-0.39, 0.29) is 23.0 Å². The van der Waals surface area contributed by atoms with Gasteiger partial charge in [-0.15, -0.1) is 0 Å². The van der Waals surface area contributed by atoms with Gasteiger partial charge in [0.05, 0.1) is 11.1 Å². The molecular weight excluding hydrogens is 398 g/mol. The summed E-state index contributed by atoms with van der Waals surface area (Å²) in [7, 11) is 0. The van der Waals surface area contributed by atoms with Gasteiger partial charge in [-0.05, 0) is 63.4 Å². The molecule has 0 radical (unpaired) electrons. The van der Waals surface area contributed by atoms with Crippen molar-refractivity contribution in [2.75, 3.05) is 18.0 Å². The van der Waals surface area contributed by atoms with Crippen LogP contribution in [-0.2, 0) is 6.18 Å². The Hall–Kier alpha value is -2.64. The molecule has 2 aliphatic heterocycles. The molecule has 2 aliphatic rings. The molecule has 1 aromatic carbocycles. The number of hydrogen-bond donors (Lipinski definition) is 0. The van der Waals surface area contributed by atoms with Crippen LogP contribution in [0.3, 0.4) is 0 Å². The zero-order chi connectivity index (χ0) is 21.7. The SMILES string of the molecule is CC1(C)CC2(CCCN2C(=O)c2ccc(C(F)(F)F)cn2)CN1c1cccc(F)c1. The van der Waals surface area contributed by atoms with E-state index in [1.165, 1.54) is 12.1 Å². The van der Waals surface area contributed by atoms with Crippen LogP contribution in [0.25, 0.3) is 0 Å². The van der Waals surface area contributed by atoms with Crippen molar-refractivity contribution in [3.63, 3.8) is 0 Å². The zero-order valence-electron chi connectivity index (χ0n) is 16.8. The molecule has 2 saturated heterocycles. The summed E-state index contributed by atoms with van der Waals surface area (Å²) in [5.41, 5.74) is -0.897. The Balaban J connectivity index is 1.62. The highest BCUT2D eigenvalue weighted by Gasteiger charge is 2.55. The van der Waals surface area contributed by atoms with Crippen molar-refractivity contribution >= 4 is 11.6 Å². The highest BCUT2D eigenvalue weighted by Crippen LogP contribution is 2.47. The number of anilines is 1. The monoisotopic (exact) mass is 421 g/mol. The van der Waals surface area contributed by atoms with E-state index in [0.717, 1.165) is 30.7 Å². The Morgan fingerprint density at radius 3 is 2.57 bits per heavy atom. The van der Waals surface area contributed by atoms with Crippen LogP contribution in [0.15, 0.2) is 42.6 Å². The molecule has 160 valence electrons. The number of aromatic nitrogens is 1. The van der Waals surface area contributed by atoms with Gasteiger partial charge in [0, 0.05) is 30.5 Å². The van der Waals surface area contributed by atoms with E-state index in [0.29, 0.717) is 25.7 Å². The smallest absolute Gasteiger partial charge is 0.364 e. The van der Waals surface area contributed by atoms with Crippen molar-refractivity contribution in [2.45, 2.75) is 50.4 Å². The molecule has 0 saturated carbocycles. The van der Waals surface area contributed by atoms with Gasteiger partial charge in [-0.2, -0.15) is 13.2 Å². The van der Waals surface area contributed by atoms with Crippen molar-refractivity contribution in [3.05, 3.63) is 59.7 Å². The van der Waals surface area contributed by atoms with Crippen molar-refractivity contribution in [1.29, 1.82) is 0 Å². The lowest BCUT2D eigenvalue weighted by Crippen LogP contribution is -2.49. The molecule has 0 aliphatic carbocycles. The molecular formula is C22H23F4N3O. The van der Waals surface area contributed by atoms with Crippen molar-refractivity contribution < 1.29 is 22.4 Å². The lowest BCUT2D eigenvalue weighted by Gasteiger charge is -2.35. The number of carbonyl (C=O) groups is 1. The van der Waals surface area contributed by atoms with Gasteiger partial charge in [0.2, 0.25) is 0 Å². The van der Waals surface area contributed by atoms with Gasteiger partial charge in [0.25, 0.3) is 5.91 Å². The summed E-state index contributed by atoms with van der Waals surface area (Å²) in [6, 6.07) is 8.42. The first-order valence-electron chi connectivity index (χ1n) is 9.90. The fraction of sp³-hybridized carbons (Fsp3) is 0.455. The van der Waals surface area contributed by atoms with Crippen molar-refractivity contribution in [2.24, 2.45) is 0 Å². The molecule has 0 N–H and O–H groups in total. The number of amides is 1. The standard InChI is InChI=1S/C22H23F4N3O/c1-20(2)13-21(14-29(20)17-6-3-5-16(23)11-17)9-4-10-28(21)19(30)18-8-7-15(12-27-18)22(24,25)26/h3,5-8,11-12H,4,9-10,13-14H2,1-2H3. The number of benzene rings is 1. The molecule has 8 heteroatoms. The molecule has 0 bridgehead atoms. The second kappa shape index (κ2) is 6.96. The number of carbonyl (C=O) groups excluding carboxylic acids is 1. The molecule has 1 spiro atoms. The van der Waals surface area contributed by atoms with Crippen LogP contribution in [-0.4, -0.2) is 40.0 Å². The summed E-state index contributed by atoms with van der Waals surface area (Å²) >= 11 is 0. The van der Waals surface area contributed by atoms with Gasteiger partial charge in [-0.25, -0.2) is 4.39 Å². The fourth-order valence-electron chi connectivity index (χ4n) is 4.98. The van der Waals surface area contributed by atoms with E-state index >= 15 is 0 Å². The molecule has 30 heavy (non-hydrogen) atoms. The average molecular weight is 421 g/mol. The van der Waals surface area contributed by atoms with Gasteiger partial charge in [-0.1, -0.05) is 6.07 Å². The van der Waals surface area contributed by atoms with E-state index in [1.807, 2.05) is 6.07 Å². The van der Waals surface area contributed by atoms with Gasteiger partial charge in [0.15, 0.2) is 0 Å². The number of halogens is 4. The summed E-state index contributed by atoms with van der Waals surface area (Å²) in [5.74, 6) is -0.685. The van der Waals surface area contributed by atoms with E-state index in [2.05, 4.69) is 23.7 Å². The molecule has 1 unspecified atom stereocenters. The number of hydrogen-bond acceptors (Lipinski definition) is 3. The van der Waals surface area contributed by atoms with Crippen molar-refractivity contribution in [3.8, 4) is 0 Å². The normalized spacial score (nSPS) is 23.4. The third kappa shape index (κ3) is 3.52. The Morgan fingerprint density at radius 2 is 1.93 bits per heavy atom. The minimum Gasteiger partial charge on any atom is -0.364 e. The molecule has 1 aromatic heterocycles. The fourth-order valence-corrected chi connectivity index (χ4v) is 4.98. The largest absolute Gasteiger partial charge is 0.417 e. The summed E-state index contributed by atoms with van der Waals surface area (Å²) in [6.45, 7) is 5.18. The first-order chi connectivity index (χ1) is 14.0. The molecule has 1 atom stereocenters. The quantitative estimate of drug-likeness (QED) is 0.647. The van der Waals surface area contributed by atoms with E-state index in [4.69, 9.17) is 0 Å². The second-order valence-corrected chi connectivity index (χ2v) is 8.77. The average Bonchev–Trinajstić information content (AvgIpc) is 3.20. The summed E-state index contributed by atoms with van der Waals surface area (Å²) in [6.07, 6.45) is -1.52. The van der Waals surface area contributed by atoms with Crippen LogP contribution in [0.5, 0.6) is 0 Å². The molecule has 4 nitrogen and oxygen atoms in total. The zero-order valence-corrected chi connectivity index (χ0v) is 16.8. The van der Waals surface area contributed by atoms with Gasteiger partial charge in [-0.3, -0.25) is 9.78 Å². The Bertz CT molecular complexity index is 958. The Kier molecular flexibility index (Phi) is 4.78. The van der Waals surface area contributed by atoms with Crippen LogP contribution in [0, 0.1) is 5.82 Å². The summed E-state index contributed by atoms with van der Waals surface area (Å²) in [5, 5.41) is 0. The maximum absolute atomic E-state index is 13.8. The maximum atomic E-state index is 13.8. The number of rotatable bonds is 2. The second-order valence-electron chi connectivity index (χ2n) is 8.77. The number of nitrogens with zero attached hydrogens (tertiary/aromatic N) is 3. The van der Waals surface area contributed by atoms with Crippen molar-refractivity contribution in [1.82, 2.24) is 9.88 Å². The predicted octanol–water partition coefficient (Wildman–Crippen LogP) is 4.90. The highest BCUT2D eigenvalue weighted by molar-refractivity contribution is 5.93. The van der Waals surface area contributed by atoms with E-state index in [1.54, 1.807) is 11.0 Å². The number of likely N-dealkylation sites (tertiary alicyclic amines) is 1. The lowest BCUT2D eigenvalue weighted by atomic mass is 9.87. The lowest BCUT2D eigenvalue weighted by molar-refractivity contribution is -0.137. The Morgan fingerprint density at radius 1 is 1.17 bits per heavy atom. The van der Waals surface area contributed by atoms with Gasteiger partial charge < -0.3 is 9.80 Å². The molecule has 2 aromatic rings. The van der Waals surface area contributed by atoms with E-state index < -0.39 is 17.3 Å². The van der Waals surface area contributed by atoms with Crippen LogP contribution < -0.4 is 4.90 Å². The summed E-state index contributed by atoms with van der Waals surface area (Å²) in [4.78, 5) is 20.8. The van der Waals surface area contributed by atoms with E-state index in [9.17, 15) is 22.4 Å². The highest BCUT2D eigenvalue weighted by atomic mass is 19.4. The summed E-state index contributed by atoms with van der Waals surface area (Å²) < 4.78 is 52.2. The van der Waals surface area contributed by atoms with Crippen LogP contribution >= 0.6 is 0 Å². The first-order valence-corrected chi connectivity index (χ1v) is 9.90. The number of pyridine rings is 1. The molecule has 1 amide bonds. The van der Waals surface area contributed by atoms with Crippen LogP contribution in [0.4, 0.5) is 23.2 Å². The Labute approximate surface area is 172 Å². The third-order valence-corrected chi connectivity index (χ3v) is 6.22. The topological polar surface area (TPSA) is 36.4 Å². The maximum Gasteiger partial charge on any atom is 0.417 e. The van der Waals surface area contributed by atoms with Crippen LogP contribution in [0.2, 0.25) is 0 Å². The molecule has 4 rings (SSSR count). The minimum absolute atomic E-state index is 0.00582. The van der Waals surface area contributed by atoms with Crippen LogP contribution in [0.1, 0.15) is 49.2 Å². The van der Waals surface area contributed by atoms with Gasteiger partial charge in [0.1, 0.15) is 11.5 Å². The molecule has 2 fully saturated rings. The number of alkyl halides is 3. The molecule has 3 heterocycles. The predicted molar refractivity (Wildman–Crippen MR) is 105 cm³/mol. The van der Waals surface area contributed by atoms with Gasteiger partial charge >= 0.3 is 6.18 Å².